The van der Waals surface area contributed by atoms with Crippen LogP contribution < -0.4 is 11.1 Å². The van der Waals surface area contributed by atoms with Gasteiger partial charge in [0, 0.05) is 15.8 Å². The Labute approximate surface area is 135 Å². The van der Waals surface area contributed by atoms with Crippen LogP contribution in [0.2, 0.25) is 10.0 Å². The molecule has 0 aliphatic carbocycles. The molecule has 0 unspecified atom stereocenters. The molecule has 0 saturated carbocycles. The number of halogens is 3. The zero-order valence-electron chi connectivity index (χ0n) is 10.5. The van der Waals surface area contributed by atoms with E-state index in [9.17, 15) is 4.79 Å². The highest BCUT2D eigenvalue weighted by atomic mass is 79.9. The van der Waals surface area contributed by atoms with Crippen LogP contribution >= 0.6 is 39.1 Å². The zero-order chi connectivity index (χ0) is 14.9. The van der Waals surface area contributed by atoms with Crippen LogP contribution in [0.15, 0.2) is 34.8 Å². The summed E-state index contributed by atoms with van der Waals surface area (Å²) in [7, 11) is 0. The number of carbonyl (C=O) groups is 1. The van der Waals surface area contributed by atoms with Gasteiger partial charge < -0.3 is 11.1 Å². The highest BCUT2D eigenvalue weighted by Gasteiger charge is 2.14. The molecule has 0 radical (unpaired) electrons. The van der Waals surface area contributed by atoms with E-state index in [-0.39, 0.29) is 21.5 Å². The van der Waals surface area contributed by atoms with Crippen molar-refractivity contribution in [1.82, 2.24) is 0 Å². The van der Waals surface area contributed by atoms with Crippen molar-refractivity contribution in [1.29, 1.82) is 0 Å². The number of amides is 1. The molecule has 0 aromatic heterocycles. The van der Waals surface area contributed by atoms with Crippen molar-refractivity contribution in [2.75, 3.05) is 11.1 Å². The quantitative estimate of drug-likeness (QED) is 0.735. The van der Waals surface area contributed by atoms with E-state index in [0.29, 0.717) is 11.4 Å². The second-order valence-corrected chi connectivity index (χ2v) is 5.92. The molecule has 1 amide bonds. The normalized spacial score (nSPS) is 10.4. The van der Waals surface area contributed by atoms with Gasteiger partial charge in [-0.2, -0.15) is 0 Å². The summed E-state index contributed by atoms with van der Waals surface area (Å²) in [5.41, 5.74) is 7.99. The Balaban J connectivity index is 2.30. The van der Waals surface area contributed by atoms with Crippen molar-refractivity contribution in [2.24, 2.45) is 0 Å². The van der Waals surface area contributed by atoms with Crippen molar-refractivity contribution >= 4 is 56.4 Å². The largest absolute Gasteiger partial charge is 0.399 e. The summed E-state index contributed by atoms with van der Waals surface area (Å²) in [4.78, 5) is 12.2. The fourth-order valence-electron chi connectivity index (χ4n) is 1.70. The fraction of sp³-hybridized carbons (Fsp3) is 0.0714. The van der Waals surface area contributed by atoms with E-state index in [1.54, 1.807) is 6.07 Å². The molecule has 6 heteroatoms. The highest BCUT2D eigenvalue weighted by molar-refractivity contribution is 9.10. The zero-order valence-corrected chi connectivity index (χ0v) is 13.6. The first-order valence-electron chi connectivity index (χ1n) is 5.70. The predicted molar refractivity (Wildman–Crippen MR) is 87.7 cm³/mol. The van der Waals surface area contributed by atoms with Crippen molar-refractivity contribution in [3.05, 3.63) is 56.0 Å². The summed E-state index contributed by atoms with van der Waals surface area (Å²) in [6, 6.07) is 8.50. The molecule has 2 aromatic rings. The molecule has 0 aliphatic heterocycles. The Hall–Kier alpha value is -1.23. The van der Waals surface area contributed by atoms with Gasteiger partial charge in [-0.1, -0.05) is 39.1 Å². The standard InChI is InChI=1S/C14H11BrCl2N2O/c1-7-4-9(2-3-11(7)15)19-14(20)10-5-8(18)6-12(16)13(10)17/h2-6H,18H2,1H3,(H,19,20). The van der Waals surface area contributed by atoms with Crippen molar-refractivity contribution < 1.29 is 4.79 Å². The maximum atomic E-state index is 12.2. The lowest BCUT2D eigenvalue weighted by atomic mass is 10.1. The summed E-state index contributed by atoms with van der Waals surface area (Å²) in [6.45, 7) is 1.93. The summed E-state index contributed by atoms with van der Waals surface area (Å²) in [5, 5.41) is 3.20. The van der Waals surface area contributed by atoms with Gasteiger partial charge in [0.15, 0.2) is 0 Å². The molecule has 104 valence electrons. The van der Waals surface area contributed by atoms with E-state index in [4.69, 9.17) is 28.9 Å². The van der Waals surface area contributed by atoms with Crippen LogP contribution in [0.5, 0.6) is 0 Å². The molecular formula is C14H11BrCl2N2O. The smallest absolute Gasteiger partial charge is 0.257 e. The van der Waals surface area contributed by atoms with Crippen LogP contribution in [-0.2, 0) is 0 Å². The van der Waals surface area contributed by atoms with Crippen LogP contribution in [0.1, 0.15) is 15.9 Å². The highest BCUT2D eigenvalue weighted by Crippen LogP contribution is 2.29. The van der Waals surface area contributed by atoms with Crippen LogP contribution in [0.25, 0.3) is 0 Å². The number of carbonyl (C=O) groups excluding carboxylic acids is 1. The predicted octanol–water partition coefficient (Wildman–Crippen LogP) is 4.90. The van der Waals surface area contributed by atoms with Gasteiger partial charge in [-0.15, -0.1) is 0 Å². The van der Waals surface area contributed by atoms with E-state index in [1.807, 2.05) is 19.1 Å². The van der Waals surface area contributed by atoms with Crippen molar-refractivity contribution in [2.45, 2.75) is 6.92 Å². The number of aryl methyl sites for hydroxylation is 1. The molecule has 0 fully saturated rings. The van der Waals surface area contributed by atoms with Crippen LogP contribution in [0.4, 0.5) is 11.4 Å². The molecule has 0 spiro atoms. The van der Waals surface area contributed by atoms with E-state index in [0.717, 1.165) is 10.0 Å². The van der Waals surface area contributed by atoms with E-state index in [2.05, 4.69) is 21.2 Å². The molecule has 3 N–H and O–H groups in total. The first kappa shape index (κ1) is 15.2. The number of hydrogen-bond donors (Lipinski definition) is 2. The van der Waals surface area contributed by atoms with Crippen LogP contribution in [0.3, 0.4) is 0 Å². The number of anilines is 2. The Morgan fingerprint density at radius 2 is 1.95 bits per heavy atom. The Morgan fingerprint density at radius 1 is 1.25 bits per heavy atom. The third kappa shape index (κ3) is 3.26. The fourth-order valence-corrected chi connectivity index (χ4v) is 2.37. The van der Waals surface area contributed by atoms with Crippen molar-refractivity contribution in [3.63, 3.8) is 0 Å². The number of benzene rings is 2. The summed E-state index contributed by atoms with van der Waals surface area (Å²) in [5.74, 6) is -0.356. The minimum Gasteiger partial charge on any atom is -0.399 e. The lowest BCUT2D eigenvalue weighted by Crippen LogP contribution is -2.13. The van der Waals surface area contributed by atoms with Gasteiger partial charge in [0.1, 0.15) is 0 Å². The Morgan fingerprint density at radius 3 is 2.60 bits per heavy atom. The Bertz CT molecular complexity index is 689. The topological polar surface area (TPSA) is 55.1 Å². The third-order valence-corrected chi connectivity index (χ3v) is 4.40. The monoisotopic (exact) mass is 372 g/mol. The molecule has 0 aliphatic rings. The molecule has 0 bridgehead atoms. The molecule has 0 saturated heterocycles. The Kier molecular flexibility index (Phi) is 4.58. The molecule has 2 rings (SSSR count). The third-order valence-electron chi connectivity index (χ3n) is 2.71. The second kappa shape index (κ2) is 6.04. The van der Waals surface area contributed by atoms with Crippen molar-refractivity contribution in [3.8, 4) is 0 Å². The number of nitrogens with two attached hydrogens (primary N) is 1. The first-order chi connectivity index (χ1) is 9.38. The number of hydrogen-bond acceptors (Lipinski definition) is 2. The molecular weight excluding hydrogens is 363 g/mol. The van der Waals surface area contributed by atoms with Gasteiger partial charge in [-0.3, -0.25) is 4.79 Å². The van der Waals surface area contributed by atoms with Gasteiger partial charge in [0.05, 0.1) is 15.6 Å². The lowest BCUT2D eigenvalue weighted by molar-refractivity contribution is 0.102. The lowest BCUT2D eigenvalue weighted by Gasteiger charge is -2.10. The minimum atomic E-state index is -0.356. The SMILES string of the molecule is Cc1cc(NC(=O)c2cc(N)cc(Cl)c2Cl)ccc1Br. The first-order valence-corrected chi connectivity index (χ1v) is 7.25. The van der Waals surface area contributed by atoms with Gasteiger partial charge in [-0.05, 0) is 42.8 Å². The van der Waals surface area contributed by atoms with E-state index in [1.165, 1.54) is 12.1 Å². The molecule has 0 atom stereocenters. The van der Waals surface area contributed by atoms with E-state index >= 15 is 0 Å². The number of nitrogen functional groups attached to an aromatic ring is 1. The average molecular weight is 374 g/mol. The second-order valence-electron chi connectivity index (χ2n) is 4.28. The molecule has 2 aromatic carbocycles. The summed E-state index contributed by atoms with van der Waals surface area (Å²) < 4.78 is 0.973. The summed E-state index contributed by atoms with van der Waals surface area (Å²) in [6.07, 6.45) is 0. The maximum absolute atomic E-state index is 12.2. The number of rotatable bonds is 2. The number of nitrogens with one attached hydrogen (secondary N) is 1. The molecule has 20 heavy (non-hydrogen) atoms. The van der Waals surface area contributed by atoms with Gasteiger partial charge in [0.25, 0.3) is 5.91 Å². The van der Waals surface area contributed by atoms with Gasteiger partial charge in [-0.25, -0.2) is 0 Å². The minimum absolute atomic E-state index is 0.187. The van der Waals surface area contributed by atoms with Gasteiger partial charge in [0.2, 0.25) is 0 Å². The molecule has 3 nitrogen and oxygen atoms in total. The van der Waals surface area contributed by atoms with Crippen LogP contribution in [-0.4, -0.2) is 5.91 Å². The van der Waals surface area contributed by atoms with Gasteiger partial charge >= 0.3 is 0 Å². The molecule has 0 heterocycles. The summed E-state index contributed by atoms with van der Waals surface area (Å²) >= 11 is 15.3. The average Bonchev–Trinajstić information content (AvgIpc) is 2.38. The van der Waals surface area contributed by atoms with Crippen LogP contribution in [0, 0.1) is 6.92 Å². The maximum Gasteiger partial charge on any atom is 0.257 e. The van der Waals surface area contributed by atoms with E-state index < -0.39 is 0 Å².